The maximum Gasteiger partial charge on any atom is 0.0749 e. The molecule has 36 heavy (non-hydrogen) atoms. The second-order valence-electron chi connectivity index (χ2n) is 9.76. The quantitative estimate of drug-likeness (QED) is 0.191. The molecule has 0 N–H and O–H groups in total. The number of ether oxygens (including phenoxy) is 1. The molecule has 0 saturated carbocycles. The Balaban J connectivity index is 2.67. The molecule has 0 fully saturated rings. The van der Waals surface area contributed by atoms with Gasteiger partial charge in [0.05, 0.1) is 6.10 Å². The van der Waals surface area contributed by atoms with Crippen LogP contribution in [0.4, 0.5) is 0 Å². The molecule has 0 radical (unpaired) electrons. The zero-order valence-electron chi connectivity index (χ0n) is 23.6. The maximum atomic E-state index is 6.45. The second kappa shape index (κ2) is 16.2. The smallest absolute Gasteiger partial charge is 0.0749 e. The van der Waals surface area contributed by atoms with Crippen LogP contribution in [-0.4, -0.2) is 30.7 Å². The lowest BCUT2D eigenvalue weighted by molar-refractivity contribution is 0.0261. The van der Waals surface area contributed by atoms with E-state index in [1.165, 1.54) is 52.8 Å². The van der Waals surface area contributed by atoms with Crippen LogP contribution in [0, 0.1) is 5.92 Å². The van der Waals surface area contributed by atoms with Crippen molar-refractivity contribution in [3.63, 3.8) is 0 Å². The molecular formula is C34H49NO. The summed E-state index contributed by atoms with van der Waals surface area (Å²) in [5, 5.41) is 0. The van der Waals surface area contributed by atoms with Crippen molar-refractivity contribution in [2.75, 3.05) is 19.7 Å². The highest BCUT2D eigenvalue weighted by Crippen LogP contribution is 2.38. The average molecular weight is 488 g/mol. The van der Waals surface area contributed by atoms with Gasteiger partial charge in [0.15, 0.2) is 0 Å². The Bertz CT molecular complexity index is 961. The van der Waals surface area contributed by atoms with Crippen molar-refractivity contribution in [3.05, 3.63) is 95.8 Å². The number of hydrogen-bond acceptors (Lipinski definition) is 2. The summed E-state index contributed by atoms with van der Waals surface area (Å²) < 4.78 is 6.45. The van der Waals surface area contributed by atoms with E-state index in [-0.39, 0.29) is 12.0 Å². The number of allylic oxidation sites excluding steroid dienone is 8. The van der Waals surface area contributed by atoms with E-state index < -0.39 is 0 Å². The highest BCUT2D eigenvalue weighted by Gasteiger charge is 2.25. The Labute approximate surface area is 221 Å². The molecule has 0 amide bonds. The Morgan fingerprint density at radius 2 is 1.86 bits per heavy atom. The lowest BCUT2D eigenvalue weighted by Gasteiger charge is -2.34. The van der Waals surface area contributed by atoms with Crippen LogP contribution in [0.2, 0.25) is 0 Å². The monoisotopic (exact) mass is 487 g/mol. The van der Waals surface area contributed by atoms with Gasteiger partial charge in [0.25, 0.3) is 0 Å². The molecule has 1 heterocycles. The first-order valence-corrected chi connectivity index (χ1v) is 14.0. The number of rotatable bonds is 14. The molecule has 0 spiro atoms. The molecular weight excluding hydrogens is 438 g/mol. The normalized spacial score (nSPS) is 20.7. The first-order chi connectivity index (χ1) is 17.5. The van der Waals surface area contributed by atoms with Crippen LogP contribution >= 0.6 is 0 Å². The van der Waals surface area contributed by atoms with Crippen molar-refractivity contribution in [3.8, 4) is 0 Å². The minimum absolute atomic E-state index is 0.243. The van der Waals surface area contributed by atoms with Crippen LogP contribution in [0.25, 0.3) is 11.6 Å². The van der Waals surface area contributed by atoms with Crippen LogP contribution < -0.4 is 0 Å². The van der Waals surface area contributed by atoms with Gasteiger partial charge in [-0.3, -0.25) is 0 Å². The fourth-order valence-electron chi connectivity index (χ4n) is 5.00. The van der Waals surface area contributed by atoms with Gasteiger partial charge in [-0.25, -0.2) is 0 Å². The summed E-state index contributed by atoms with van der Waals surface area (Å²) in [7, 11) is 0. The Morgan fingerprint density at radius 1 is 1.11 bits per heavy atom. The highest BCUT2D eigenvalue weighted by molar-refractivity contribution is 5.79. The predicted molar refractivity (Wildman–Crippen MR) is 160 cm³/mol. The molecule has 0 aromatic heterocycles. The summed E-state index contributed by atoms with van der Waals surface area (Å²) >= 11 is 0. The molecule has 2 rings (SSSR count). The van der Waals surface area contributed by atoms with E-state index in [4.69, 9.17) is 4.74 Å². The van der Waals surface area contributed by atoms with Gasteiger partial charge >= 0.3 is 0 Å². The van der Waals surface area contributed by atoms with Gasteiger partial charge in [0, 0.05) is 31.3 Å². The largest absolute Gasteiger partial charge is 0.376 e. The SMILES string of the molecule is C=C/C=C\C1=C(C)C(C)/C(c2ccccc2C=C)=C(/CC)N(CC(CCCC)OCCCC)C/C=C\1. The fraction of sp³-hybridized carbons (Fsp3) is 0.471. The molecule has 1 aromatic carbocycles. The Morgan fingerprint density at radius 3 is 2.53 bits per heavy atom. The van der Waals surface area contributed by atoms with Gasteiger partial charge in [-0.1, -0.05) is 126 Å². The second-order valence-corrected chi connectivity index (χ2v) is 9.76. The van der Waals surface area contributed by atoms with Crippen molar-refractivity contribution in [1.82, 2.24) is 4.90 Å². The molecule has 1 aliphatic heterocycles. The van der Waals surface area contributed by atoms with Crippen LogP contribution in [0.3, 0.4) is 0 Å². The highest BCUT2D eigenvalue weighted by atomic mass is 16.5. The third-order valence-corrected chi connectivity index (χ3v) is 7.23. The van der Waals surface area contributed by atoms with Crippen molar-refractivity contribution in [2.24, 2.45) is 5.92 Å². The summed E-state index contributed by atoms with van der Waals surface area (Å²) in [6, 6.07) is 8.70. The predicted octanol–water partition coefficient (Wildman–Crippen LogP) is 9.39. The number of hydrogen-bond donors (Lipinski definition) is 0. The molecule has 0 bridgehead atoms. The fourth-order valence-corrected chi connectivity index (χ4v) is 5.00. The minimum atomic E-state index is 0.243. The molecule has 1 aliphatic rings. The molecule has 196 valence electrons. The summed E-state index contributed by atoms with van der Waals surface area (Å²) in [6.07, 6.45) is 19.7. The van der Waals surface area contributed by atoms with E-state index in [1.807, 2.05) is 18.2 Å². The van der Waals surface area contributed by atoms with Gasteiger partial charge in [-0.15, -0.1) is 0 Å². The molecule has 2 unspecified atom stereocenters. The topological polar surface area (TPSA) is 12.5 Å². The third-order valence-electron chi connectivity index (χ3n) is 7.23. The number of unbranched alkanes of at least 4 members (excludes halogenated alkanes) is 2. The van der Waals surface area contributed by atoms with Crippen molar-refractivity contribution < 1.29 is 4.74 Å². The van der Waals surface area contributed by atoms with E-state index in [0.717, 1.165) is 39.0 Å². The average Bonchev–Trinajstić information content (AvgIpc) is 2.94. The lowest BCUT2D eigenvalue weighted by Crippen LogP contribution is -2.35. The van der Waals surface area contributed by atoms with Crippen LogP contribution in [0.15, 0.2) is 84.6 Å². The zero-order valence-corrected chi connectivity index (χ0v) is 23.6. The van der Waals surface area contributed by atoms with E-state index >= 15 is 0 Å². The van der Waals surface area contributed by atoms with E-state index in [0.29, 0.717) is 0 Å². The van der Waals surface area contributed by atoms with Gasteiger partial charge in [-0.2, -0.15) is 0 Å². The van der Waals surface area contributed by atoms with Crippen LogP contribution in [0.1, 0.15) is 84.3 Å². The molecule has 0 saturated heterocycles. The summed E-state index contributed by atoms with van der Waals surface area (Å²) in [6.45, 7) is 22.1. The third kappa shape index (κ3) is 8.23. The van der Waals surface area contributed by atoms with Gasteiger partial charge < -0.3 is 9.64 Å². The molecule has 2 nitrogen and oxygen atoms in total. The van der Waals surface area contributed by atoms with Crippen molar-refractivity contribution in [1.29, 1.82) is 0 Å². The van der Waals surface area contributed by atoms with Gasteiger partial charge in [0.2, 0.25) is 0 Å². The Hall–Kier alpha value is -2.58. The number of nitrogens with zero attached hydrogens (tertiary/aromatic N) is 1. The van der Waals surface area contributed by atoms with Gasteiger partial charge in [0.1, 0.15) is 0 Å². The summed E-state index contributed by atoms with van der Waals surface area (Å²) in [4.78, 5) is 2.59. The molecule has 0 aliphatic carbocycles. The summed E-state index contributed by atoms with van der Waals surface area (Å²) in [5.41, 5.74) is 7.92. The Kier molecular flexibility index (Phi) is 13.4. The summed E-state index contributed by atoms with van der Waals surface area (Å²) in [5.74, 6) is 0.255. The first kappa shape index (κ1) is 29.6. The van der Waals surface area contributed by atoms with Crippen LogP contribution in [0.5, 0.6) is 0 Å². The zero-order chi connectivity index (χ0) is 26.3. The van der Waals surface area contributed by atoms with Crippen LogP contribution in [-0.2, 0) is 4.74 Å². The van der Waals surface area contributed by atoms with E-state index in [2.05, 4.69) is 95.2 Å². The van der Waals surface area contributed by atoms with Crippen molar-refractivity contribution in [2.45, 2.75) is 79.2 Å². The number of benzene rings is 1. The first-order valence-electron chi connectivity index (χ1n) is 14.0. The maximum absolute atomic E-state index is 6.45. The van der Waals surface area contributed by atoms with E-state index in [1.54, 1.807) is 0 Å². The van der Waals surface area contributed by atoms with Crippen molar-refractivity contribution >= 4 is 11.6 Å². The lowest BCUT2D eigenvalue weighted by atomic mass is 9.82. The molecule has 1 aromatic rings. The van der Waals surface area contributed by atoms with Gasteiger partial charge in [-0.05, 0) is 48.5 Å². The molecule has 2 atom stereocenters. The van der Waals surface area contributed by atoms with E-state index in [9.17, 15) is 0 Å². The molecule has 2 heteroatoms. The minimum Gasteiger partial charge on any atom is -0.376 e. The standard InChI is InChI=1S/C34H49NO/c1-8-13-19-30-21-18-24-35(26-31(22-14-9-2)36-25-15-10-3)33(12-5)34(28(7)27(30)6)32-23-17-16-20-29(32)11-4/h8,11,13,16-21,23,28,31H,1,4,9-10,12,14-15,22,24-26H2,2-3,5-7H3/b19-13-,21-18-,30-27?,34-33+.